The monoisotopic (exact) mass is 536 g/mol. The first kappa shape index (κ1) is 24.1. The molecule has 7 nitrogen and oxygen atoms in total. The average molecular weight is 537 g/mol. The van der Waals surface area contributed by atoms with Gasteiger partial charge < -0.3 is 5.32 Å². The fourth-order valence-corrected chi connectivity index (χ4v) is 7.66. The fourth-order valence-electron chi connectivity index (χ4n) is 6.10. The molecule has 2 aromatic carbocycles. The quantitative estimate of drug-likeness (QED) is 0.347. The minimum absolute atomic E-state index is 0.131. The van der Waals surface area contributed by atoms with Gasteiger partial charge in [0.2, 0.25) is 0 Å². The summed E-state index contributed by atoms with van der Waals surface area (Å²) < 4.78 is 31.4. The molecule has 1 fully saturated rings. The second-order valence-electron chi connectivity index (χ2n) is 10.7. The molecule has 2 unspecified atom stereocenters. The average Bonchev–Trinajstić information content (AvgIpc) is 3.47. The van der Waals surface area contributed by atoms with E-state index in [1.165, 1.54) is 3.97 Å². The summed E-state index contributed by atoms with van der Waals surface area (Å²) in [6.07, 6.45) is 6.17. The van der Waals surface area contributed by atoms with Crippen LogP contribution < -0.4 is 10.9 Å². The number of fused-ring (bicyclic) bond motifs is 6. The molecule has 0 amide bonds. The minimum atomic E-state index is -3.86. The highest BCUT2D eigenvalue weighted by molar-refractivity contribution is 7.90. The molecule has 8 heteroatoms. The van der Waals surface area contributed by atoms with Crippen molar-refractivity contribution in [3.05, 3.63) is 112 Å². The van der Waals surface area contributed by atoms with E-state index in [9.17, 15) is 13.2 Å². The third-order valence-electron chi connectivity index (χ3n) is 8.08. The van der Waals surface area contributed by atoms with Gasteiger partial charge in [0.1, 0.15) is 0 Å². The Labute approximate surface area is 226 Å². The molecule has 39 heavy (non-hydrogen) atoms. The normalized spacial score (nSPS) is 18.4. The summed E-state index contributed by atoms with van der Waals surface area (Å²) in [6, 6.07) is 20.4. The number of aromatic nitrogens is 3. The SMILES string of the molecule is Cc1ccc(S(=O)(=O)n2c3c(c4ccc(-n5ccc(-c6ccc(C)nc6)cc5=O)cc42)C2CCC(C3)N2)cc1. The molecule has 2 aliphatic heterocycles. The van der Waals surface area contributed by atoms with Gasteiger partial charge >= 0.3 is 0 Å². The standard InChI is InChI=1S/C31H28N4O3S/c1-19-3-9-25(10-4-19)39(37,38)35-28-17-24(8-11-26(28)31-27-12-7-23(33-27)16-29(31)35)34-14-13-21(15-30(34)36)22-6-5-20(2)32-18-22/h3-6,8-11,13-15,17-18,23,27,33H,7,12,16H2,1-2H3. The van der Waals surface area contributed by atoms with Crippen molar-refractivity contribution in [3.63, 3.8) is 0 Å². The first-order valence-electron chi connectivity index (χ1n) is 13.2. The Balaban J connectivity index is 1.41. The predicted molar refractivity (Wildman–Crippen MR) is 152 cm³/mol. The molecule has 2 aliphatic rings. The van der Waals surface area contributed by atoms with E-state index < -0.39 is 10.0 Å². The highest BCUT2D eigenvalue weighted by Crippen LogP contribution is 2.43. The van der Waals surface area contributed by atoms with Crippen LogP contribution in [0.1, 0.15) is 41.4 Å². The van der Waals surface area contributed by atoms with E-state index in [0.29, 0.717) is 17.6 Å². The maximum absolute atomic E-state index is 14.1. The molecule has 1 saturated heterocycles. The molecular formula is C31H28N4O3S. The molecule has 0 radical (unpaired) electrons. The molecule has 196 valence electrons. The topological polar surface area (TPSA) is 86.0 Å². The Hall–Kier alpha value is -4.01. The number of benzene rings is 2. The van der Waals surface area contributed by atoms with Crippen molar-refractivity contribution in [2.24, 2.45) is 0 Å². The van der Waals surface area contributed by atoms with Gasteiger partial charge in [-0.2, -0.15) is 0 Å². The van der Waals surface area contributed by atoms with Crippen molar-refractivity contribution in [3.8, 4) is 16.8 Å². The fraction of sp³-hybridized carbons (Fsp3) is 0.226. The second kappa shape index (κ2) is 8.76. The highest BCUT2D eigenvalue weighted by Gasteiger charge is 2.39. The lowest BCUT2D eigenvalue weighted by Crippen LogP contribution is -2.33. The molecule has 2 bridgehead atoms. The van der Waals surface area contributed by atoms with Gasteiger partial charge in [-0.05, 0) is 74.2 Å². The van der Waals surface area contributed by atoms with E-state index in [2.05, 4.69) is 10.3 Å². The molecule has 7 rings (SSSR count). The van der Waals surface area contributed by atoms with Gasteiger partial charge in [0.05, 0.1) is 16.1 Å². The Kier molecular flexibility index (Phi) is 5.40. The Bertz CT molecular complexity index is 1920. The Morgan fingerprint density at radius 3 is 2.49 bits per heavy atom. The van der Waals surface area contributed by atoms with Gasteiger partial charge in [-0.25, -0.2) is 12.4 Å². The van der Waals surface area contributed by atoms with Crippen LogP contribution in [0.3, 0.4) is 0 Å². The van der Waals surface area contributed by atoms with E-state index in [1.54, 1.807) is 35.2 Å². The summed E-state index contributed by atoms with van der Waals surface area (Å²) in [7, 11) is -3.86. The molecule has 0 saturated carbocycles. The maximum atomic E-state index is 14.1. The first-order valence-corrected chi connectivity index (χ1v) is 14.7. The molecule has 5 aromatic rings. The van der Waals surface area contributed by atoms with Crippen LogP contribution >= 0.6 is 0 Å². The van der Waals surface area contributed by atoms with Crippen molar-refractivity contribution >= 4 is 20.9 Å². The van der Waals surface area contributed by atoms with Gasteiger partial charge in [0.15, 0.2) is 0 Å². The summed E-state index contributed by atoms with van der Waals surface area (Å²) in [5, 5.41) is 4.58. The summed E-state index contributed by atoms with van der Waals surface area (Å²) in [6.45, 7) is 3.86. The van der Waals surface area contributed by atoms with Crippen LogP contribution in [-0.2, 0) is 16.4 Å². The number of nitrogens with one attached hydrogen (secondary N) is 1. The Morgan fingerprint density at radius 2 is 1.74 bits per heavy atom. The number of rotatable bonds is 4. The van der Waals surface area contributed by atoms with Gasteiger partial charge in [0, 0.05) is 59.3 Å². The van der Waals surface area contributed by atoms with Crippen molar-refractivity contribution in [2.45, 2.75) is 50.1 Å². The van der Waals surface area contributed by atoms with Gasteiger partial charge in [-0.15, -0.1) is 0 Å². The number of aryl methyl sites for hydroxylation is 2. The lowest BCUT2D eigenvalue weighted by atomic mass is 9.99. The van der Waals surface area contributed by atoms with Gasteiger partial charge in [0.25, 0.3) is 15.6 Å². The molecule has 3 aromatic heterocycles. The minimum Gasteiger partial charge on any atom is -0.307 e. The van der Waals surface area contributed by atoms with Crippen LogP contribution in [0.15, 0.2) is 88.8 Å². The summed E-state index contributed by atoms with van der Waals surface area (Å²) in [5.41, 5.74) is 6.51. The Morgan fingerprint density at radius 1 is 0.923 bits per heavy atom. The zero-order chi connectivity index (χ0) is 26.9. The van der Waals surface area contributed by atoms with Crippen LogP contribution in [0, 0.1) is 13.8 Å². The van der Waals surface area contributed by atoms with E-state index in [0.717, 1.165) is 51.9 Å². The van der Waals surface area contributed by atoms with Crippen LogP contribution in [0.25, 0.3) is 27.7 Å². The smallest absolute Gasteiger partial charge is 0.268 e. The van der Waals surface area contributed by atoms with Crippen molar-refractivity contribution in [1.82, 2.24) is 18.8 Å². The van der Waals surface area contributed by atoms with Crippen LogP contribution in [0.2, 0.25) is 0 Å². The van der Waals surface area contributed by atoms with E-state index in [1.807, 2.05) is 62.4 Å². The van der Waals surface area contributed by atoms with Crippen molar-refractivity contribution in [1.29, 1.82) is 0 Å². The van der Waals surface area contributed by atoms with Crippen molar-refractivity contribution in [2.75, 3.05) is 0 Å². The summed E-state index contributed by atoms with van der Waals surface area (Å²) >= 11 is 0. The molecule has 0 aliphatic carbocycles. The third-order valence-corrected chi connectivity index (χ3v) is 9.84. The molecular weight excluding hydrogens is 508 g/mol. The van der Waals surface area contributed by atoms with Crippen molar-refractivity contribution < 1.29 is 8.42 Å². The highest BCUT2D eigenvalue weighted by atomic mass is 32.2. The zero-order valence-corrected chi connectivity index (χ0v) is 22.6. The predicted octanol–water partition coefficient (Wildman–Crippen LogP) is 5.06. The lowest BCUT2D eigenvalue weighted by Gasteiger charge is -2.23. The number of nitrogens with zero attached hydrogens (tertiary/aromatic N) is 3. The zero-order valence-electron chi connectivity index (χ0n) is 21.8. The number of hydrogen-bond acceptors (Lipinski definition) is 5. The first-order chi connectivity index (χ1) is 18.8. The largest absolute Gasteiger partial charge is 0.307 e. The molecule has 0 spiro atoms. The van der Waals surface area contributed by atoms with Crippen LogP contribution in [0.4, 0.5) is 0 Å². The third kappa shape index (κ3) is 3.85. The molecule has 5 heterocycles. The molecule has 2 atom stereocenters. The lowest BCUT2D eigenvalue weighted by molar-refractivity contribution is 0.507. The summed E-state index contributed by atoms with van der Waals surface area (Å²) in [5.74, 6) is 0. The van der Waals surface area contributed by atoms with E-state index >= 15 is 0 Å². The second-order valence-corrected chi connectivity index (χ2v) is 12.4. The van der Waals surface area contributed by atoms with Crippen LogP contribution in [0.5, 0.6) is 0 Å². The summed E-state index contributed by atoms with van der Waals surface area (Å²) in [4.78, 5) is 17.9. The van der Waals surface area contributed by atoms with Gasteiger partial charge in [-0.3, -0.25) is 14.3 Å². The maximum Gasteiger partial charge on any atom is 0.268 e. The van der Waals surface area contributed by atoms with Crippen LogP contribution in [-0.4, -0.2) is 28.0 Å². The van der Waals surface area contributed by atoms with E-state index in [-0.39, 0.29) is 22.5 Å². The van der Waals surface area contributed by atoms with Gasteiger partial charge in [-0.1, -0.05) is 29.8 Å². The number of pyridine rings is 2. The van der Waals surface area contributed by atoms with E-state index in [4.69, 9.17) is 0 Å². The molecule has 1 N–H and O–H groups in total. The number of hydrogen-bond donors (Lipinski definition) is 1.